The highest BCUT2D eigenvalue weighted by molar-refractivity contribution is 5.89. The molecule has 0 amide bonds. The Bertz CT molecular complexity index is 725. The molecular formula is C24H35NO3. The number of carbonyl (C=O) groups excluding carboxylic acids is 2. The van der Waals surface area contributed by atoms with Crippen molar-refractivity contribution in [1.82, 2.24) is 4.90 Å². The monoisotopic (exact) mass is 385 g/mol. The van der Waals surface area contributed by atoms with E-state index in [1.54, 1.807) is 0 Å². The lowest BCUT2D eigenvalue weighted by Crippen LogP contribution is -2.50. The quantitative estimate of drug-likeness (QED) is 0.419. The van der Waals surface area contributed by atoms with E-state index in [0.717, 1.165) is 45.1 Å². The summed E-state index contributed by atoms with van der Waals surface area (Å²) in [6.07, 6.45) is 10.0. The van der Waals surface area contributed by atoms with E-state index in [1.807, 2.05) is 0 Å². The highest BCUT2D eigenvalue weighted by Gasteiger charge is 2.61. The Hall–Kier alpha value is -1.16. The predicted octanol–water partition coefficient (Wildman–Crippen LogP) is 3.99. The van der Waals surface area contributed by atoms with Crippen molar-refractivity contribution in [2.75, 3.05) is 19.6 Å². The summed E-state index contributed by atoms with van der Waals surface area (Å²) < 4.78 is 5.55. The minimum atomic E-state index is -0.154. The zero-order valence-corrected chi connectivity index (χ0v) is 17.7. The van der Waals surface area contributed by atoms with Crippen LogP contribution in [0.15, 0.2) is 11.6 Å². The van der Waals surface area contributed by atoms with E-state index in [2.05, 4.69) is 24.8 Å². The summed E-state index contributed by atoms with van der Waals surface area (Å²) in [6.45, 7) is 9.65. The van der Waals surface area contributed by atoms with Crippen LogP contribution in [-0.4, -0.2) is 42.4 Å². The lowest BCUT2D eigenvalue weighted by molar-refractivity contribution is -0.148. The number of nitrogens with zero attached hydrogens (tertiary/aromatic N) is 1. The van der Waals surface area contributed by atoms with Gasteiger partial charge in [0.2, 0.25) is 0 Å². The van der Waals surface area contributed by atoms with Gasteiger partial charge in [-0.25, -0.2) is 0 Å². The van der Waals surface area contributed by atoms with Gasteiger partial charge in [0, 0.05) is 44.3 Å². The zero-order chi connectivity index (χ0) is 19.7. The zero-order valence-electron chi connectivity index (χ0n) is 17.7. The first-order valence-corrected chi connectivity index (χ1v) is 11.4. The van der Waals surface area contributed by atoms with Crippen molar-refractivity contribution in [2.24, 2.45) is 34.5 Å². The number of hydrogen-bond acceptors (Lipinski definition) is 4. The predicted molar refractivity (Wildman–Crippen MR) is 108 cm³/mol. The van der Waals surface area contributed by atoms with Crippen molar-refractivity contribution < 1.29 is 14.3 Å². The van der Waals surface area contributed by atoms with Gasteiger partial charge in [0.05, 0.1) is 0 Å². The molecule has 4 nitrogen and oxygen atoms in total. The number of carbonyl (C=O) groups is 2. The van der Waals surface area contributed by atoms with Crippen molar-refractivity contribution in [3.8, 4) is 0 Å². The Balaban J connectivity index is 1.38. The summed E-state index contributed by atoms with van der Waals surface area (Å²) in [7, 11) is 0. The van der Waals surface area contributed by atoms with Gasteiger partial charge in [-0.1, -0.05) is 25.5 Å². The third kappa shape index (κ3) is 2.81. The first-order valence-electron chi connectivity index (χ1n) is 11.4. The summed E-state index contributed by atoms with van der Waals surface area (Å²) >= 11 is 0. The molecule has 0 aromatic rings. The lowest BCUT2D eigenvalue weighted by atomic mass is 9.48. The van der Waals surface area contributed by atoms with E-state index < -0.39 is 0 Å². The number of ketones is 1. The summed E-state index contributed by atoms with van der Waals surface area (Å²) in [5.41, 5.74) is 1.68. The van der Waals surface area contributed by atoms with Crippen LogP contribution in [0.25, 0.3) is 0 Å². The van der Waals surface area contributed by atoms with E-state index in [-0.39, 0.29) is 28.8 Å². The van der Waals surface area contributed by atoms with Gasteiger partial charge in [0.1, 0.15) is 11.9 Å². The molecule has 0 aromatic heterocycles. The highest BCUT2D eigenvalue weighted by Crippen LogP contribution is 2.64. The Morgan fingerprint density at radius 3 is 2.64 bits per heavy atom. The van der Waals surface area contributed by atoms with Gasteiger partial charge in [-0.05, 0) is 61.7 Å². The molecule has 0 spiro atoms. The maximum Gasteiger partial charge on any atom is 0.302 e. The standard InChI is InChI=1S/C24H35NO3/c1-15(26)28-18-6-8-23(2)17(13-18)4-5-19-20(23)7-9-24(3)21(19)12-16(22(24)27)14-25-10-11-25/h4,16,18-21H,5-14H2,1-3H3/t16-,18-,19-,20+,21+,23+,24+/m1/s1. The molecule has 5 aliphatic rings. The Labute approximate surface area is 169 Å². The van der Waals surface area contributed by atoms with E-state index >= 15 is 0 Å². The third-order valence-electron chi connectivity index (χ3n) is 9.27. The molecule has 1 heterocycles. The van der Waals surface area contributed by atoms with Crippen LogP contribution in [0.4, 0.5) is 0 Å². The molecular weight excluding hydrogens is 350 g/mol. The first kappa shape index (κ1) is 18.8. The van der Waals surface area contributed by atoms with Crippen molar-refractivity contribution in [3.05, 3.63) is 11.6 Å². The normalized spacial score (nSPS) is 47.6. The summed E-state index contributed by atoms with van der Waals surface area (Å²) in [5, 5.41) is 0. The van der Waals surface area contributed by atoms with Gasteiger partial charge in [-0.3, -0.25) is 9.59 Å². The minimum Gasteiger partial charge on any atom is -0.462 e. The SMILES string of the molecule is CC(=O)O[C@@H]1CC[C@@]2(C)C(=CC[C@@H]3[C@@H]2CC[C@]2(C)C(=O)[C@@H](CN4CC4)C[C@@H]32)C1. The lowest BCUT2D eigenvalue weighted by Gasteiger charge is -2.56. The van der Waals surface area contributed by atoms with Crippen LogP contribution in [0, 0.1) is 34.5 Å². The van der Waals surface area contributed by atoms with E-state index in [4.69, 9.17) is 4.74 Å². The molecule has 0 N–H and O–H groups in total. The van der Waals surface area contributed by atoms with Crippen LogP contribution in [0.5, 0.6) is 0 Å². The largest absolute Gasteiger partial charge is 0.462 e. The second-order valence-electron chi connectivity index (χ2n) is 10.8. The second-order valence-corrected chi connectivity index (χ2v) is 10.8. The molecule has 5 rings (SSSR count). The summed E-state index contributed by atoms with van der Waals surface area (Å²) in [6, 6.07) is 0. The smallest absolute Gasteiger partial charge is 0.302 e. The van der Waals surface area contributed by atoms with Crippen LogP contribution in [-0.2, 0) is 14.3 Å². The molecule has 1 saturated heterocycles. The van der Waals surface area contributed by atoms with Crippen molar-refractivity contribution in [3.63, 3.8) is 0 Å². The molecule has 28 heavy (non-hydrogen) atoms. The number of fused-ring (bicyclic) bond motifs is 5. The maximum atomic E-state index is 13.3. The van der Waals surface area contributed by atoms with E-state index in [9.17, 15) is 9.59 Å². The highest BCUT2D eigenvalue weighted by atomic mass is 16.5. The minimum absolute atomic E-state index is 0.0623. The molecule has 154 valence electrons. The molecule has 0 radical (unpaired) electrons. The topological polar surface area (TPSA) is 46.4 Å². The number of esters is 1. The summed E-state index contributed by atoms with van der Waals surface area (Å²) in [5.74, 6) is 2.59. The van der Waals surface area contributed by atoms with Crippen LogP contribution in [0.2, 0.25) is 0 Å². The Morgan fingerprint density at radius 1 is 1.18 bits per heavy atom. The van der Waals surface area contributed by atoms with Crippen LogP contribution in [0.3, 0.4) is 0 Å². The molecule has 0 aromatic carbocycles. The third-order valence-corrected chi connectivity index (χ3v) is 9.27. The van der Waals surface area contributed by atoms with Crippen LogP contribution >= 0.6 is 0 Å². The molecule has 7 atom stereocenters. The number of ether oxygens (including phenoxy) is 1. The van der Waals surface area contributed by atoms with Crippen molar-refractivity contribution in [1.29, 1.82) is 0 Å². The Kier molecular flexibility index (Phi) is 4.32. The molecule has 0 unspecified atom stereocenters. The average molecular weight is 386 g/mol. The van der Waals surface area contributed by atoms with Crippen molar-refractivity contribution in [2.45, 2.75) is 71.8 Å². The van der Waals surface area contributed by atoms with Gasteiger partial charge in [-0.2, -0.15) is 0 Å². The van der Waals surface area contributed by atoms with Gasteiger partial charge in [0.25, 0.3) is 0 Å². The molecule has 0 bridgehead atoms. The second kappa shape index (κ2) is 6.42. The fourth-order valence-corrected chi connectivity index (χ4v) is 7.63. The van der Waals surface area contributed by atoms with Crippen LogP contribution < -0.4 is 0 Å². The van der Waals surface area contributed by atoms with E-state index in [1.165, 1.54) is 32.0 Å². The van der Waals surface area contributed by atoms with Crippen LogP contribution in [0.1, 0.15) is 65.7 Å². The number of Topliss-reactive ketones (excluding diaryl/α,β-unsaturated/α-hetero) is 1. The molecule has 1 aliphatic heterocycles. The molecule has 4 aliphatic carbocycles. The molecule has 4 heteroatoms. The number of hydrogen-bond donors (Lipinski definition) is 0. The summed E-state index contributed by atoms with van der Waals surface area (Å²) in [4.78, 5) is 27.2. The fourth-order valence-electron chi connectivity index (χ4n) is 7.63. The molecule has 3 saturated carbocycles. The first-order chi connectivity index (χ1) is 13.3. The Morgan fingerprint density at radius 2 is 1.93 bits per heavy atom. The van der Waals surface area contributed by atoms with Gasteiger partial charge >= 0.3 is 5.97 Å². The maximum absolute atomic E-state index is 13.3. The molecule has 4 fully saturated rings. The fraction of sp³-hybridized carbons (Fsp3) is 0.833. The van der Waals surface area contributed by atoms with Gasteiger partial charge < -0.3 is 9.64 Å². The van der Waals surface area contributed by atoms with Gasteiger partial charge in [-0.15, -0.1) is 0 Å². The number of rotatable bonds is 3. The van der Waals surface area contributed by atoms with Crippen molar-refractivity contribution >= 4 is 11.8 Å². The number of allylic oxidation sites excluding steroid dienone is 1. The van der Waals surface area contributed by atoms with E-state index in [0.29, 0.717) is 23.5 Å². The van der Waals surface area contributed by atoms with Gasteiger partial charge in [0.15, 0.2) is 0 Å². The average Bonchev–Trinajstić information content (AvgIpc) is 3.42.